The van der Waals surface area contributed by atoms with E-state index in [1.807, 2.05) is 30.7 Å². The van der Waals surface area contributed by atoms with Gasteiger partial charge in [-0.1, -0.05) is 24.3 Å². The Hall–Kier alpha value is -4.99. The van der Waals surface area contributed by atoms with Crippen molar-refractivity contribution in [2.24, 2.45) is 5.73 Å². The Morgan fingerprint density at radius 1 is 0.884 bits per heavy atom. The van der Waals surface area contributed by atoms with Gasteiger partial charge < -0.3 is 15.9 Å². The predicted octanol–water partition coefficient (Wildman–Crippen LogP) is 4.34. The molecule has 5 rings (SSSR count). The fourth-order valence-electron chi connectivity index (χ4n) is 3.96. The van der Waals surface area contributed by atoms with Crippen molar-refractivity contribution in [3.05, 3.63) is 89.4 Å². The lowest BCUT2D eigenvalue weighted by Gasteiger charge is -2.28. The highest BCUT2D eigenvalue weighted by Gasteiger charge is 2.38. The lowest BCUT2D eigenvalue weighted by molar-refractivity contribution is -0.193. The number of pyridine rings is 1. The zero-order valence-corrected chi connectivity index (χ0v) is 21.9. The summed E-state index contributed by atoms with van der Waals surface area (Å²) >= 11 is 0. The third-order valence-corrected chi connectivity index (χ3v) is 5.99. The molecule has 0 atom stereocenters. The molecule has 1 amide bonds. The minimum Gasteiger partial charge on any atom is -0.475 e. The van der Waals surface area contributed by atoms with E-state index in [-0.39, 0.29) is 0 Å². The molecule has 3 heterocycles. The summed E-state index contributed by atoms with van der Waals surface area (Å²) in [6.45, 7) is 2.89. The lowest BCUT2D eigenvalue weighted by Crippen LogP contribution is -2.30. The highest BCUT2D eigenvalue weighted by molar-refractivity contribution is 6.04. The minimum atomic E-state index is -5.08. The summed E-state index contributed by atoms with van der Waals surface area (Å²) in [5.41, 5.74) is 11.5. The topological polar surface area (TPSA) is 152 Å². The van der Waals surface area contributed by atoms with Crippen LogP contribution >= 0.6 is 0 Å². The molecule has 4 N–H and O–H groups in total. The number of alkyl halides is 6. The number of fused-ring (bicyclic) bond motifs is 2. The zero-order chi connectivity index (χ0) is 31.9. The first-order valence-electron chi connectivity index (χ1n) is 12.2. The van der Waals surface area contributed by atoms with Gasteiger partial charge in [0.1, 0.15) is 5.52 Å². The van der Waals surface area contributed by atoms with Gasteiger partial charge in [0.15, 0.2) is 0 Å². The minimum absolute atomic E-state index is 0.442. The van der Waals surface area contributed by atoms with E-state index in [1.165, 1.54) is 16.7 Å². The summed E-state index contributed by atoms with van der Waals surface area (Å²) in [6.07, 6.45) is -3.32. The van der Waals surface area contributed by atoms with Gasteiger partial charge in [-0.3, -0.25) is 14.7 Å². The molecule has 0 unspecified atom stereocenters. The van der Waals surface area contributed by atoms with E-state index in [2.05, 4.69) is 45.3 Å². The number of amides is 1. The monoisotopic (exact) mass is 611 g/mol. The van der Waals surface area contributed by atoms with Gasteiger partial charge in [-0.2, -0.15) is 31.4 Å². The Balaban J connectivity index is 0.000000303. The molecular weight excluding hydrogens is 588 g/mol. The molecule has 4 aromatic rings. The molecule has 1 aliphatic rings. The second-order valence-corrected chi connectivity index (χ2v) is 9.06. The molecule has 0 aliphatic carbocycles. The first-order valence-corrected chi connectivity index (χ1v) is 12.2. The SMILES string of the molecule is NC(=O)c1cccc2cn(-c3ccc(CN4CCc5ccncc5C4)cc3)nc12.O=C(O)C(F)(F)F.O=C(O)C(F)(F)F. The number of halogens is 6. The summed E-state index contributed by atoms with van der Waals surface area (Å²) in [4.78, 5) is 36.1. The van der Waals surface area contributed by atoms with Crippen LogP contribution in [0.25, 0.3) is 16.6 Å². The van der Waals surface area contributed by atoms with Crippen molar-refractivity contribution in [3.8, 4) is 5.69 Å². The van der Waals surface area contributed by atoms with Crippen LogP contribution in [-0.4, -0.2) is 66.6 Å². The fraction of sp³-hybridized carbons (Fsp3) is 0.222. The van der Waals surface area contributed by atoms with Crippen molar-refractivity contribution in [1.29, 1.82) is 0 Å². The Morgan fingerprint density at radius 2 is 1.49 bits per heavy atom. The van der Waals surface area contributed by atoms with Crippen molar-refractivity contribution >= 4 is 28.7 Å². The number of rotatable bonds is 4. The van der Waals surface area contributed by atoms with E-state index >= 15 is 0 Å². The molecule has 2 aromatic carbocycles. The first-order chi connectivity index (χ1) is 20.1. The summed E-state index contributed by atoms with van der Waals surface area (Å²) in [5.74, 6) is -5.98. The van der Waals surface area contributed by atoms with Crippen LogP contribution in [0, 0.1) is 0 Å². The average molecular weight is 611 g/mol. The highest BCUT2D eigenvalue weighted by Crippen LogP contribution is 2.22. The van der Waals surface area contributed by atoms with Crippen LogP contribution in [-0.2, 0) is 29.1 Å². The Labute approximate surface area is 239 Å². The van der Waals surface area contributed by atoms with Gasteiger partial charge in [-0.25, -0.2) is 14.3 Å². The van der Waals surface area contributed by atoms with Gasteiger partial charge in [0.05, 0.1) is 11.3 Å². The first kappa shape index (κ1) is 32.5. The molecule has 0 bridgehead atoms. The maximum absolute atomic E-state index is 11.6. The molecule has 2 aromatic heterocycles. The molecule has 43 heavy (non-hydrogen) atoms. The van der Waals surface area contributed by atoms with Gasteiger partial charge in [-0.15, -0.1) is 0 Å². The molecule has 0 saturated heterocycles. The molecule has 1 aliphatic heterocycles. The Kier molecular flexibility index (Phi) is 10.1. The summed E-state index contributed by atoms with van der Waals surface area (Å²) in [5, 5.41) is 19.7. The second-order valence-electron chi connectivity index (χ2n) is 9.06. The number of aromatic nitrogens is 3. The standard InChI is InChI=1S/C23H21N5O.2C2HF3O2/c24-23(29)21-3-1-2-18-15-28(26-22(18)21)20-6-4-16(5-7-20)13-27-11-9-17-8-10-25-12-19(17)14-27;2*3-2(4,5)1(6)7/h1-8,10,12,15H,9,11,13-14H2,(H2,24,29);2*(H,6,7). The molecular formula is C27H23F6N5O5. The van der Waals surface area contributed by atoms with Crippen LogP contribution < -0.4 is 5.73 Å². The molecule has 16 heteroatoms. The smallest absolute Gasteiger partial charge is 0.475 e. The second kappa shape index (κ2) is 13.3. The molecule has 0 spiro atoms. The summed E-state index contributed by atoms with van der Waals surface area (Å²) < 4.78 is 65.3. The molecule has 228 valence electrons. The van der Waals surface area contributed by atoms with Crippen LogP contribution in [0.3, 0.4) is 0 Å². The number of aliphatic carboxylic acids is 2. The maximum atomic E-state index is 11.6. The molecule has 0 radical (unpaired) electrons. The number of nitrogens with two attached hydrogens (primary N) is 1. The quantitative estimate of drug-likeness (QED) is 0.288. The average Bonchev–Trinajstić information content (AvgIpc) is 3.37. The number of carboxylic acid groups (broad SMARTS) is 2. The van der Waals surface area contributed by atoms with Crippen molar-refractivity contribution in [1.82, 2.24) is 19.7 Å². The van der Waals surface area contributed by atoms with Crippen LogP contribution in [0.4, 0.5) is 26.3 Å². The maximum Gasteiger partial charge on any atom is 0.490 e. The van der Waals surface area contributed by atoms with Gasteiger partial charge in [0.2, 0.25) is 0 Å². The van der Waals surface area contributed by atoms with Crippen LogP contribution in [0.15, 0.2) is 67.1 Å². The number of primary amides is 1. The van der Waals surface area contributed by atoms with Crippen molar-refractivity contribution < 1.29 is 50.9 Å². The van der Waals surface area contributed by atoms with E-state index in [0.717, 1.165) is 37.1 Å². The fourth-order valence-corrected chi connectivity index (χ4v) is 3.96. The number of carboxylic acids is 2. The summed E-state index contributed by atoms with van der Waals surface area (Å²) in [6, 6.07) is 16.0. The van der Waals surface area contributed by atoms with Crippen molar-refractivity contribution in [2.45, 2.75) is 31.9 Å². The third kappa shape index (κ3) is 9.00. The third-order valence-electron chi connectivity index (χ3n) is 5.99. The normalized spacial score (nSPS) is 13.2. The Bertz CT molecular complexity index is 1580. The van der Waals surface area contributed by atoms with Gasteiger partial charge in [0.25, 0.3) is 5.91 Å². The van der Waals surface area contributed by atoms with E-state index in [0.29, 0.717) is 11.1 Å². The lowest BCUT2D eigenvalue weighted by atomic mass is 10.0. The van der Waals surface area contributed by atoms with Gasteiger partial charge in [0, 0.05) is 43.6 Å². The Morgan fingerprint density at radius 3 is 2.05 bits per heavy atom. The van der Waals surface area contributed by atoms with Crippen molar-refractivity contribution in [2.75, 3.05) is 6.54 Å². The van der Waals surface area contributed by atoms with Crippen molar-refractivity contribution in [3.63, 3.8) is 0 Å². The largest absolute Gasteiger partial charge is 0.490 e. The van der Waals surface area contributed by atoms with E-state index in [1.54, 1.807) is 10.7 Å². The number of hydrogen-bond acceptors (Lipinski definition) is 6. The van der Waals surface area contributed by atoms with E-state index in [9.17, 15) is 31.1 Å². The number of carbonyl (C=O) groups excluding carboxylic acids is 1. The summed E-state index contributed by atoms with van der Waals surface area (Å²) in [7, 11) is 0. The van der Waals surface area contributed by atoms with Crippen LogP contribution in [0.1, 0.15) is 27.0 Å². The van der Waals surface area contributed by atoms with E-state index in [4.69, 9.17) is 25.5 Å². The molecule has 10 nitrogen and oxygen atoms in total. The number of hydrogen-bond donors (Lipinski definition) is 3. The number of nitrogens with zero attached hydrogens (tertiary/aromatic N) is 4. The number of carbonyl (C=O) groups is 3. The highest BCUT2D eigenvalue weighted by atomic mass is 19.4. The predicted molar refractivity (Wildman–Crippen MR) is 139 cm³/mol. The zero-order valence-electron chi connectivity index (χ0n) is 21.9. The van der Waals surface area contributed by atoms with Gasteiger partial charge >= 0.3 is 24.3 Å². The van der Waals surface area contributed by atoms with Crippen LogP contribution in [0.5, 0.6) is 0 Å². The number of benzene rings is 2. The van der Waals surface area contributed by atoms with Crippen LogP contribution in [0.2, 0.25) is 0 Å². The van der Waals surface area contributed by atoms with E-state index < -0.39 is 30.2 Å². The molecule has 0 fully saturated rings. The van der Waals surface area contributed by atoms with Gasteiger partial charge in [-0.05, 0) is 47.4 Å². The molecule has 0 saturated carbocycles.